The van der Waals surface area contributed by atoms with E-state index in [9.17, 15) is 0 Å². The van der Waals surface area contributed by atoms with Crippen LogP contribution in [0, 0.1) is 0 Å². The van der Waals surface area contributed by atoms with Crippen molar-refractivity contribution < 1.29 is 14.7 Å². The summed E-state index contributed by atoms with van der Waals surface area (Å²) < 4.78 is 1.14. The average Bonchev–Trinajstić information content (AvgIpc) is 2.14. The van der Waals surface area contributed by atoms with E-state index in [1.807, 2.05) is 0 Å². The minimum atomic E-state index is -1.44. The molecule has 0 aromatic rings. The van der Waals surface area contributed by atoms with Crippen LogP contribution in [0.5, 0.6) is 0 Å². The van der Waals surface area contributed by atoms with Crippen LogP contribution in [0.1, 0.15) is 25.7 Å². The summed E-state index contributed by atoms with van der Waals surface area (Å²) in [6.07, 6.45) is 15.2. The summed E-state index contributed by atoms with van der Waals surface area (Å²) in [6, 6.07) is 0. The molecule has 1 rings (SSSR count). The van der Waals surface area contributed by atoms with Gasteiger partial charge in [0.25, 0.3) is 0 Å². The van der Waals surface area contributed by atoms with E-state index in [0.717, 1.165) is 29.7 Å². The van der Waals surface area contributed by atoms with Crippen molar-refractivity contribution in [2.24, 2.45) is 0 Å². The molecule has 0 heterocycles. The van der Waals surface area contributed by atoms with Gasteiger partial charge in [-0.1, -0.05) is 0 Å². The fraction of sp³-hybridized carbons (Fsp3) is 0.400. The van der Waals surface area contributed by atoms with Crippen LogP contribution in [0.4, 0.5) is 0 Å². The molecule has 0 aromatic heterocycles. The van der Waals surface area contributed by atoms with Crippen LogP contribution < -0.4 is 0 Å². The van der Waals surface area contributed by atoms with Crippen LogP contribution >= 0.6 is 19.1 Å². The van der Waals surface area contributed by atoms with Crippen molar-refractivity contribution in [1.82, 2.24) is 0 Å². The molecule has 13 heavy (non-hydrogen) atoms. The van der Waals surface area contributed by atoms with E-state index in [0.29, 0.717) is 0 Å². The van der Waals surface area contributed by atoms with E-state index in [4.69, 9.17) is 19.1 Å². The molecule has 0 spiro atoms. The van der Waals surface area contributed by atoms with Crippen molar-refractivity contribution >= 4 is 19.1 Å². The van der Waals surface area contributed by atoms with Crippen LogP contribution in [0.15, 0.2) is 34.4 Å². The van der Waals surface area contributed by atoms with E-state index in [2.05, 4.69) is 30.4 Å². The third kappa shape index (κ3) is 5.03. The summed E-state index contributed by atoms with van der Waals surface area (Å²) in [7, 11) is 11.8. The van der Waals surface area contributed by atoms with E-state index in [1.54, 1.807) is 0 Å². The van der Waals surface area contributed by atoms with Crippen LogP contribution in [0.2, 0.25) is 0 Å². The molecule has 0 fully saturated rings. The van der Waals surface area contributed by atoms with Gasteiger partial charge in [0, 0.05) is 0 Å². The van der Waals surface area contributed by atoms with Crippen molar-refractivity contribution in [2.45, 2.75) is 25.7 Å². The molecule has 0 saturated carbocycles. The molecular formula is C10H13Cl2Pd. The Bertz CT molecular complexity index is 229. The van der Waals surface area contributed by atoms with Gasteiger partial charge in [-0.3, -0.25) is 0 Å². The van der Waals surface area contributed by atoms with Crippen LogP contribution in [0.3, 0.4) is 0 Å². The van der Waals surface area contributed by atoms with E-state index in [1.165, 1.54) is 0 Å². The Hall–Kier alpha value is 0.462. The first-order valence-electron chi connectivity index (χ1n) is 4.27. The summed E-state index contributed by atoms with van der Waals surface area (Å²) in [5.74, 6) is 0. The van der Waals surface area contributed by atoms with Gasteiger partial charge in [-0.2, -0.15) is 0 Å². The molecule has 77 valence electrons. The van der Waals surface area contributed by atoms with Gasteiger partial charge in [-0.05, 0) is 0 Å². The van der Waals surface area contributed by atoms with Crippen LogP contribution in [-0.2, 0) is 14.7 Å². The van der Waals surface area contributed by atoms with Crippen molar-refractivity contribution in [2.75, 3.05) is 0 Å². The summed E-state index contributed by atoms with van der Waals surface area (Å²) in [6.45, 7) is 0. The maximum absolute atomic E-state index is 5.92. The molecule has 1 aliphatic carbocycles. The van der Waals surface area contributed by atoms with Crippen LogP contribution in [0.25, 0.3) is 0 Å². The molecule has 0 unspecified atom stereocenters. The van der Waals surface area contributed by atoms with Gasteiger partial charge < -0.3 is 0 Å². The van der Waals surface area contributed by atoms with Gasteiger partial charge >= 0.3 is 93.9 Å². The molecule has 0 aliphatic heterocycles. The summed E-state index contributed by atoms with van der Waals surface area (Å²) in [5, 5.41) is 0. The standard InChI is InChI=1S/C10H13.2ClH.Pd/c1-2-4-6-8-10-9-7-5-3-1;;;/h1-2,7-9H,3-6H2;2*1H;/q;;;+2/p-2. The third-order valence-electron chi connectivity index (χ3n) is 1.73. The maximum atomic E-state index is 5.92. The zero-order chi connectivity index (χ0) is 9.52. The van der Waals surface area contributed by atoms with Gasteiger partial charge in [-0.25, -0.2) is 0 Å². The Morgan fingerprint density at radius 3 is 2.23 bits per heavy atom. The van der Waals surface area contributed by atoms with Crippen molar-refractivity contribution in [1.29, 1.82) is 0 Å². The first-order valence-corrected chi connectivity index (χ1v) is 9.06. The molecular weight excluding hydrogens is 297 g/mol. The first kappa shape index (κ1) is 11.5. The molecule has 0 atom stereocenters. The van der Waals surface area contributed by atoms with Gasteiger partial charge in [0.15, 0.2) is 0 Å². The molecule has 0 radical (unpaired) electrons. The number of halogens is 2. The van der Waals surface area contributed by atoms with Gasteiger partial charge in [0.2, 0.25) is 0 Å². The zero-order valence-electron chi connectivity index (χ0n) is 7.29. The Labute approximate surface area is 93.5 Å². The number of allylic oxidation sites excluding steroid dienone is 6. The van der Waals surface area contributed by atoms with Crippen LogP contribution in [-0.4, -0.2) is 0 Å². The minimum absolute atomic E-state index is 1.05. The van der Waals surface area contributed by atoms with Gasteiger partial charge in [0.1, 0.15) is 0 Å². The van der Waals surface area contributed by atoms with Gasteiger partial charge in [-0.15, -0.1) is 0 Å². The Balaban J connectivity index is 2.63. The topological polar surface area (TPSA) is 0 Å². The van der Waals surface area contributed by atoms with Crippen molar-refractivity contribution in [3.63, 3.8) is 0 Å². The quantitative estimate of drug-likeness (QED) is 0.495. The molecule has 0 saturated heterocycles. The zero-order valence-corrected chi connectivity index (χ0v) is 10.4. The van der Waals surface area contributed by atoms with E-state index < -0.39 is 14.7 Å². The summed E-state index contributed by atoms with van der Waals surface area (Å²) in [5.41, 5.74) is 0. The van der Waals surface area contributed by atoms with Crippen molar-refractivity contribution in [3.8, 4) is 0 Å². The second-order valence-corrected chi connectivity index (χ2v) is 8.01. The Morgan fingerprint density at radius 2 is 1.54 bits per heavy atom. The number of hydrogen-bond acceptors (Lipinski definition) is 0. The Kier molecular flexibility index (Phi) is 6.08. The third-order valence-corrected chi connectivity index (χ3v) is 4.62. The van der Waals surface area contributed by atoms with E-state index in [-0.39, 0.29) is 0 Å². The predicted molar refractivity (Wildman–Crippen MR) is 56.5 cm³/mol. The number of hydrogen-bond donors (Lipinski definition) is 0. The molecule has 1 aliphatic rings. The molecule has 3 heteroatoms. The SMILES string of the molecule is [Cl][Pd]([Cl])[C]1=CCCC=CCCC=C1. The second kappa shape index (κ2) is 6.85. The monoisotopic (exact) mass is 309 g/mol. The molecule has 0 bridgehead atoms. The fourth-order valence-corrected chi connectivity index (χ4v) is 2.97. The summed E-state index contributed by atoms with van der Waals surface area (Å²) >= 11 is -1.44. The van der Waals surface area contributed by atoms with Crippen molar-refractivity contribution in [3.05, 3.63) is 34.4 Å². The molecule has 0 amide bonds. The second-order valence-electron chi connectivity index (χ2n) is 2.75. The first-order chi connectivity index (χ1) is 6.30. The summed E-state index contributed by atoms with van der Waals surface area (Å²) in [4.78, 5) is 0. The average molecular weight is 311 g/mol. The molecule has 0 aromatic carbocycles. The Morgan fingerprint density at radius 1 is 0.923 bits per heavy atom. The number of rotatable bonds is 1. The molecule has 0 nitrogen and oxygen atoms in total. The fourth-order valence-electron chi connectivity index (χ4n) is 1.08. The predicted octanol–water partition coefficient (Wildman–Crippen LogP) is 4.48. The van der Waals surface area contributed by atoms with Gasteiger partial charge in [0.05, 0.1) is 0 Å². The molecule has 0 N–H and O–H groups in total. The van der Waals surface area contributed by atoms with E-state index >= 15 is 0 Å². The normalized spacial score (nSPS) is 19.5.